The van der Waals surface area contributed by atoms with Crippen molar-refractivity contribution >= 4 is 11.7 Å². The lowest BCUT2D eigenvalue weighted by molar-refractivity contribution is -0.122. The number of amides is 1. The summed E-state index contributed by atoms with van der Waals surface area (Å²) in [4.78, 5) is 22.0. The Morgan fingerprint density at radius 3 is 2.12 bits per heavy atom. The van der Waals surface area contributed by atoms with E-state index in [1.807, 2.05) is 34.6 Å². The largest absolute Gasteiger partial charge is 0.356 e. The predicted octanol–water partition coefficient (Wildman–Crippen LogP) is 2.93. The number of Topliss-reactive ketones (excluding diaryl/α,β-unsaturated/α-hetero) is 1. The predicted molar refractivity (Wildman–Crippen MR) is 68.3 cm³/mol. The Labute approximate surface area is 100.0 Å². The Hall–Kier alpha value is -0.860. The average molecular weight is 229 g/mol. The maximum atomic E-state index is 11.2. The van der Waals surface area contributed by atoms with Gasteiger partial charge < -0.3 is 5.32 Å². The minimum Gasteiger partial charge on any atom is -0.356 e. The second-order valence-corrected chi connectivity index (χ2v) is 3.78. The first-order valence-electron chi connectivity index (χ1n) is 6.37. The first kappa shape index (κ1) is 17.5. The maximum absolute atomic E-state index is 11.2. The van der Waals surface area contributed by atoms with E-state index in [1.165, 1.54) is 0 Å². The minimum atomic E-state index is 0.0835. The number of carbonyl (C=O) groups is 2. The van der Waals surface area contributed by atoms with Crippen LogP contribution in [0.1, 0.15) is 60.3 Å². The van der Waals surface area contributed by atoms with Gasteiger partial charge in [0.2, 0.25) is 5.91 Å². The lowest BCUT2D eigenvalue weighted by atomic mass is 10.0. The van der Waals surface area contributed by atoms with Crippen LogP contribution in [0.5, 0.6) is 0 Å². The number of unbranched alkanes of at least 4 members (excludes halogenated alkanes) is 1. The third-order valence-electron chi connectivity index (χ3n) is 2.14. The lowest BCUT2D eigenvalue weighted by Crippen LogP contribution is -2.23. The highest BCUT2D eigenvalue weighted by molar-refractivity contribution is 5.80. The number of hydrogen-bond acceptors (Lipinski definition) is 2. The fraction of sp³-hybridized carbons (Fsp3) is 0.846. The van der Waals surface area contributed by atoms with Crippen LogP contribution in [0.4, 0.5) is 0 Å². The van der Waals surface area contributed by atoms with E-state index in [0.717, 1.165) is 12.8 Å². The van der Waals surface area contributed by atoms with Crippen LogP contribution in [0.3, 0.4) is 0 Å². The Morgan fingerprint density at radius 1 is 1.12 bits per heavy atom. The summed E-state index contributed by atoms with van der Waals surface area (Å²) in [6, 6.07) is 0. The molecule has 3 nitrogen and oxygen atoms in total. The molecule has 0 aliphatic rings. The molecular formula is C13H27NO2. The van der Waals surface area contributed by atoms with Gasteiger partial charge in [0.05, 0.1) is 0 Å². The van der Waals surface area contributed by atoms with Crippen LogP contribution in [0.25, 0.3) is 0 Å². The fourth-order valence-electron chi connectivity index (χ4n) is 1.07. The highest BCUT2D eigenvalue weighted by Crippen LogP contribution is 2.03. The van der Waals surface area contributed by atoms with Gasteiger partial charge in [0.25, 0.3) is 0 Å². The van der Waals surface area contributed by atoms with Crippen LogP contribution in [0.2, 0.25) is 0 Å². The van der Waals surface area contributed by atoms with Gasteiger partial charge in [-0.2, -0.15) is 0 Å². The van der Waals surface area contributed by atoms with E-state index in [9.17, 15) is 9.59 Å². The molecule has 96 valence electrons. The summed E-state index contributed by atoms with van der Waals surface area (Å²) in [5.41, 5.74) is 0. The number of rotatable bonds is 7. The summed E-state index contributed by atoms with van der Waals surface area (Å²) in [6.45, 7) is 10.4. The molecule has 0 unspecified atom stereocenters. The quantitative estimate of drug-likeness (QED) is 0.682. The molecule has 0 spiro atoms. The van der Waals surface area contributed by atoms with Crippen molar-refractivity contribution in [3.63, 3.8) is 0 Å². The summed E-state index contributed by atoms with van der Waals surface area (Å²) in [6.07, 6.45) is 2.94. The van der Waals surface area contributed by atoms with E-state index in [4.69, 9.17) is 0 Å². The molecule has 1 amide bonds. The molecule has 0 aromatic heterocycles. The Balaban J connectivity index is 0. The van der Waals surface area contributed by atoms with Crippen LogP contribution in [0, 0.1) is 5.92 Å². The lowest BCUT2D eigenvalue weighted by Gasteiger charge is -2.04. The van der Waals surface area contributed by atoms with E-state index in [-0.39, 0.29) is 11.8 Å². The molecule has 0 saturated heterocycles. The van der Waals surface area contributed by atoms with Crippen molar-refractivity contribution in [2.45, 2.75) is 60.3 Å². The summed E-state index contributed by atoms with van der Waals surface area (Å²) in [7, 11) is 0. The van der Waals surface area contributed by atoms with Crippen molar-refractivity contribution < 1.29 is 9.59 Å². The van der Waals surface area contributed by atoms with E-state index in [2.05, 4.69) is 5.32 Å². The molecule has 3 heteroatoms. The van der Waals surface area contributed by atoms with Gasteiger partial charge in [-0.3, -0.25) is 9.59 Å². The zero-order valence-electron chi connectivity index (χ0n) is 11.4. The average Bonchev–Trinajstić information content (AvgIpc) is 2.30. The Morgan fingerprint density at radius 2 is 1.69 bits per heavy atom. The monoisotopic (exact) mass is 229 g/mol. The summed E-state index contributed by atoms with van der Waals surface area (Å²) in [5.74, 6) is 0.534. The van der Waals surface area contributed by atoms with Gasteiger partial charge in [-0.05, 0) is 12.8 Å². The van der Waals surface area contributed by atoms with Gasteiger partial charge in [-0.25, -0.2) is 0 Å². The van der Waals surface area contributed by atoms with Crippen molar-refractivity contribution in [2.75, 3.05) is 6.54 Å². The van der Waals surface area contributed by atoms with Crippen LogP contribution < -0.4 is 5.32 Å². The highest BCUT2D eigenvalue weighted by Gasteiger charge is 2.05. The number of carbonyl (C=O) groups excluding carboxylic acids is 2. The van der Waals surface area contributed by atoms with Crippen molar-refractivity contribution in [1.82, 2.24) is 5.32 Å². The zero-order chi connectivity index (χ0) is 13.0. The van der Waals surface area contributed by atoms with Crippen molar-refractivity contribution in [3.05, 3.63) is 0 Å². The van der Waals surface area contributed by atoms with Crippen molar-refractivity contribution in [2.24, 2.45) is 5.92 Å². The van der Waals surface area contributed by atoms with Crippen molar-refractivity contribution in [3.8, 4) is 0 Å². The van der Waals surface area contributed by atoms with Gasteiger partial charge in [0.1, 0.15) is 5.78 Å². The van der Waals surface area contributed by atoms with Gasteiger partial charge in [0, 0.05) is 25.3 Å². The van der Waals surface area contributed by atoms with E-state index in [0.29, 0.717) is 25.2 Å². The highest BCUT2D eigenvalue weighted by atomic mass is 16.1. The molecule has 0 aliphatic heterocycles. The standard InChI is InChI=1S/C11H21NO2.C2H6/c1-4-11(14)12-8-6-5-7-10(13)9(2)3;1-2/h9H,4-8H2,1-3H3,(H,12,14);1-2H3. The molecule has 0 aliphatic carbocycles. The molecule has 0 aromatic carbocycles. The number of ketones is 1. The van der Waals surface area contributed by atoms with E-state index in [1.54, 1.807) is 0 Å². The Bertz CT molecular complexity index is 188. The molecule has 0 radical (unpaired) electrons. The Kier molecular flexibility index (Phi) is 13.4. The summed E-state index contributed by atoms with van der Waals surface area (Å²) < 4.78 is 0. The van der Waals surface area contributed by atoms with Gasteiger partial charge in [0.15, 0.2) is 0 Å². The number of nitrogens with one attached hydrogen (secondary N) is 1. The second-order valence-electron chi connectivity index (χ2n) is 3.78. The topological polar surface area (TPSA) is 46.2 Å². The molecule has 1 N–H and O–H groups in total. The maximum Gasteiger partial charge on any atom is 0.219 e. The molecule has 0 aromatic rings. The van der Waals surface area contributed by atoms with Crippen LogP contribution >= 0.6 is 0 Å². The summed E-state index contributed by atoms with van der Waals surface area (Å²) >= 11 is 0. The molecular weight excluding hydrogens is 202 g/mol. The van der Waals surface area contributed by atoms with Crippen LogP contribution in [-0.2, 0) is 9.59 Å². The second kappa shape index (κ2) is 12.2. The molecule has 0 heterocycles. The van der Waals surface area contributed by atoms with E-state index >= 15 is 0 Å². The molecule has 0 rings (SSSR count). The molecule has 16 heavy (non-hydrogen) atoms. The third-order valence-corrected chi connectivity index (χ3v) is 2.14. The molecule has 0 bridgehead atoms. The number of hydrogen-bond donors (Lipinski definition) is 1. The van der Waals surface area contributed by atoms with Crippen LogP contribution in [-0.4, -0.2) is 18.2 Å². The molecule has 0 saturated carbocycles. The van der Waals surface area contributed by atoms with E-state index < -0.39 is 0 Å². The normalized spacial score (nSPS) is 9.38. The fourth-order valence-corrected chi connectivity index (χ4v) is 1.07. The summed E-state index contributed by atoms with van der Waals surface area (Å²) in [5, 5.41) is 2.79. The van der Waals surface area contributed by atoms with Crippen molar-refractivity contribution in [1.29, 1.82) is 0 Å². The smallest absolute Gasteiger partial charge is 0.219 e. The van der Waals surface area contributed by atoms with Gasteiger partial charge >= 0.3 is 0 Å². The third kappa shape index (κ3) is 11.2. The SMILES string of the molecule is CC.CCC(=O)NCCCCC(=O)C(C)C. The van der Waals surface area contributed by atoms with Gasteiger partial charge in [-0.15, -0.1) is 0 Å². The molecule has 0 atom stereocenters. The van der Waals surface area contributed by atoms with Crippen LogP contribution in [0.15, 0.2) is 0 Å². The first-order valence-corrected chi connectivity index (χ1v) is 6.37. The zero-order valence-corrected chi connectivity index (χ0v) is 11.4. The van der Waals surface area contributed by atoms with Gasteiger partial charge in [-0.1, -0.05) is 34.6 Å². The molecule has 0 fully saturated rings. The first-order chi connectivity index (χ1) is 7.57. The minimum absolute atomic E-state index is 0.0835.